The van der Waals surface area contributed by atoms with Crippen molar-refractivity contribution in [2.75, 3.05) is 0 Å². The van der Waals surface area contributed by atoms with Crippen LogP contribution >= 0.6 is 11.3 Å². The molecule has 4 rings (SSSR count). The standard InChI is InChI=1S/C17H22N2O2S/c20-16-14-12-6-2-3-7-13(12)22-15(14)18-11-19(16)10-17(21)8-4-1-5-9-17/h11,21H,1-10H2. The lowest BCUT2D eigenvalue weighted by Crippen LogP contribution is -2.39. The van der Waals surface area contributed by atoms with Crippen molar-refractivity contribution >= 4 is 21.6 Å². The third kappa shape index (κ3) is 2.40. The Bertz CT molecular complexity index is 756. The van der Waals surface area contributed by atoms with Gasteiger partial charge in [-0.1, -0.05) is 19.3 Å². The molecule has 2 heterocycles. The smallest absolute Gasteiger partial charge is 0.262 e. The van der Waals surface area contributed by atoms with Crippen molar-refractivity contribution in [3.05, 3.63) is 27.1 Å². The molecular formula is C17H22N2O2S. The van der Waals surface area contributed by atoms with Crippen LogP contribution in [0.5, 0.6) is 0 Å². The summed E-state index contributed by atoms with van der Waals surface area (Å²) in [6.45, 7) is 0.388. The van der Waals surface area contributed by atoms with Crippen LogP contribution in [0.3, 0.4) is 0 Å². The molecule has 1 N–H and O–H groups in total. The zero-order valence-corrected chi connectivity index (χ0v) is 13.6. The Hall–Kier alpha value is -1.20. The summed E-state index contributed by atoms with van der Waals surface area (Å²) in [5.74, 6) is 0. The molecule has 0 amide bonds. The van der Waals surface area contributed by atoms with Crippen molar-refractivity contribution < 1.29 is 5.11 Å². The molecule has 2 aromatic rings. The number of hydrogen-bond acceptors (Lipinski definition) is 4. The van der Waals surface area contributed by atoms with E-state index in [9.17, 15) is 9.90 Å². The fraction of sp³-hybridized carbons (Fsp3) is 0.647. The van der Waals surface area contributed by atoms with Gasteiger partial charge in [-0.25, -0.2) is 4.98 Å². The average molecular weight is 318 g/mol. The van der Waals surface area contributed by atoms with Crippen LogP contribution in [0, 0.1) is 0 Å². The fourth-order valence-electron chi connectivity index (χ4n) is 3.98. The molecule has 2 aromatic heterocycles. The highest BCUT2D eigenvalue weighted by molar-refractivity contribution is 7.18. The van der Waals surface area contributed by atoms with Crippen molar-refractivity contribution in [1.29, 1.82) is 0 Å². The molecule has 0 aromatic carbocycles. The maximum atomic E-state index is 12.9. The molecular weight excluding hydrogens is 296 g/mol. The Balaban J connectivity index is 1.76. The van der Waals surface area contributed by atoms with Gasteiger partial charge in [0.25, 0.3) is 5.56 Å². The molecule has 4 nitrogen and oxygen atoms in total. The first-order valence-electron chi connectivity index (χ1n) is 8.38. The summed E-state index contributed by atoms with van der Waals surface area (Å²) in [5, 5.41) is 11.5. The first-order chi connectivity index (χ1) is 10.7. The molecule has 0 atom stereocenters. The van der Waals surface area contributed by atoms with Gasteiger partial charge in [-0.05, 0) is 44.1 Å². The van der Waals surface area contributed by atoms with Crippen molar-refractivity contribution in [2.24, 2.45) is 0 Å². The van der Waals surface area contributed by atoms with E-state index in [1.165, 1.54) is 23.3 Å². The van der Waals surface area contributed by atoms with Crippen LogP contribution in [-0.4, -0.2) is 20.3 Å². The fourth-order valence-corrected chi connectivity index (χ4v) is 5.20. The van der Waals surface area contributed by atoms with E-state index >= 15 is 0 Å². The van der Waals surface area contributed by atoms with E-state index in [0.29, 0.717) is 6.54 Å². The van der Waals surface area contributed by atoms with Crippen molar-refractivity contribution in [3.63, 3.8) is 0 Å². The lowest BCUT2D eigenvalue weighted by Gasteiger charge is -2.32. The molecule has 5 heteroatoms. The zero-order chi connectivity index (χ0) is 15.2. The zero-order valence-electron chi connectivity index (χ0n) is 12.8. The largest absolute Gasteiger partial charge is 0.388 e. The predicted molar refractivity (Wildman–Crippen MR) is 88.6 cm³/mol. The maximum absolute atomic E-state index is 12.9. The molecule has 0 aliphatic heterocycles. The van der Waals surface area contributed by atoms with E-state index in [0.717, 1.165) is 55.2 Å². The lowest BCUT2D eigenvalue weighted by molar-refractivity contribution is -0.0123. The molecule has 118 valence electrons. The van der Waals surface area contributed by atoms with Gasteiger partial charge >= 0.3 is 0 Å². The van der Waals surface area contributed by atoms with E-state index in [-0.39, 0.29) is 5.56 Å². The van der Waals surface area contributed by atoms with E-state index in [4.69, 9.17) is 0 Å². The van der Waals surface area contributed by atoms with Gasteiger partial charge in [-0.2, -0.15) is 0 Å². The Morgan fingerprint density at radius 2 is 1.95 bits per heavy atom. The topological polar surface area (TPSA) is 55.1 Å². The minimum absolute atomic E-state index is 0.0448. The quantitative estimate of drug-likeness (QED) is 0.926. The number of rotatable bonds is 2. The Labute approximate surface area is 133 Å². The van der Waals surface area contributed by atoms with E-state index in [1.807, 2.05) is 0 Å². The summed E-state index contributed by atoms with van der Waals surface area (Å²) in [6, 6.07) is 0. The summed E-state index contributed by atoms with van der Waals surface area (Å²) >= 11 is 1.68. The van der Waals surface area contributed by atoms with Crippen LogP contribution in [-0.2, 0) is 19.4 Å². The second kappa shape index (κ2) is 5.46. The molecule has 2 aliphatic rings. The van der Waals surface area contributed by atoms with Crippen LogP contribution in [0.4, 0.5) is 0 Å². The molecule has 0 spiro atoms. The second-order valence-electron chi connectivity index (χ2n) is 6.85. The van der Waals surface area contributed by atoms with Crippen LogP contribution in [0.15, 0.2) is 11.1 Å². The molecule has 0 unspecified atom stereocenters. The number of hydrogen-bond donors (Lipinski definition) is 1. The monoisotopic (exact) mass is 318 g/mol. The number of aromatic nitrogens is 2. The Kier molecular flexibility index (Phi) is 3.57. The minimum Gasteiger partial charge on any atom is -0.388 e. The molecule has 1 saturated carbocycles. The van der Waals surface area contributed by atoms with Gasteiger partial charge < -0.3 is 5.11 Å². The summed E-state index contributed by atoms with van der Waals surface area (Å²) < 4.78 is 1.65. The van der Waals surface area contributed by atoms with Gasteiger partial charge in [-0.15, -0.1) is 11.3 Å². The third-order valence-corrected chi connectivity index (χ3v) is 6.39. The highest BCUT2D eigenvalue weighted by Gasteiger charge is 2.30. The van der Waals surface area contributed by atoms with Gasteiger partial charge in [0.05, 0.1) is 23.9 Å². The predicted octanol–water partition coefficient (Wildman–Crippen LogP) is 3.03. The molecule has 1 fully saturated rings. The van der Waals surface area contributed by atoms with Crippen LogP contribution in [0.25, 0.3) is 10.2 Å². The SMILES string of the molecule is O=c1c2c3c(sc2ncn1CC1(O)CCCCC1)CCCC3. The molecule has 2 aliphatic carbocycles. The Morgan fingerprint density at radius 3 is 2.77 bits per heavy atom. The lowest BCUT2D eigenvalue weighted by atomic mass is 9.85. The van der Waals surface area contributed by atoms with Crippen LogP contribution in [0.1, 0.15) is 55.4 Å². The molecule has 0 saturated heterocycles. The number of fused-ring (bicyclic) bond motifs is 3. The minimum atomic E-state index is -0.729. The van der Waals surface area contributed by atoms with E-state index < -0.39 is 5.60 Å². The highest BCUT2D eigenvalue weighted by Crippen LogP contribution is 2.34. The number of nitrogens with zero attached hydrogens (tertiary/aromatic N) is 2. The summed E-state index contributed by atoms with van der Waals surface area (Å²) in [4.78, 5) is 19.6. The highest BCUT2D eigenvalue weighted by atomic mass is 32.1. The van der Waals surface area contributed by atoms with Crippen molar-refractivity contribution in [3.8, 4) is 0 Å². The van der Waals surface area contributed by atoms with Gasteiger partial charge in [0.1, 0.15) is 4.83 Å². The summed E-state index contributed by atoms with van der Waals surface area (Å²) in [5.41, 5.74) is 0.546. The maximum Gasteiger partial charge on any atom is 0.262 e. The van der Waals surface area contributed by atoms with Crippen LogP contribution < -0.4 is 5.56 Å². The summed E-state index contributed by atoms with van der Waals surface area (Å²) in [6.07, 6.45) is 11.0. The molecule has 0 radical (unpaired) electrons. The summed E-state index contributed by atoms with van der Waals surface area (Å²) in [7, 11) is 0. The van der Waals surface area contributed by atoms with Gasteiger partial charge in [0.2, 0.25) is 0 Å². The first kappa shape index (κ1) is 14.4. The number of aliphatic hydroxyl groups is 1. The molecule has 0 bridgehead atoms. The van der Waals surface area contributed by atoms with Crippen LogP contribution in [0.2, 0.25) is 0 Å². The number of thiophene rings is 1. The average Bonchev–Trinajstić information content (AvgIpc) is 2.90. The van der Waals surface area contributed by atoms with Crippen molar-refractivity contribution in [1.82, 2.24) is 9.55 Å². The van der Waals surface area contributed by atoms with Gasteiger partial charge in [0.15, 0.2) is 0 Å². The number of aryl methyl sites for hydroxylation is 2. The second-order valence-corrected chi connectivity index (χ2v) is 7.94. The van der Waals surface area contributed by atoms with E-state index in [1.54, 1.807) is 22.2 Å². The van der Waals surface area contributed by atoms with Gasteiger partial charge in [0, 0.05) is 4.88 Å². The van der Waals surface area contributed by atoms with Crippen molar-refractivity contribution in [2.45, 2.75) is 69.9 Å². The first-order valence-corrected chi connectivity index (χ1v) is 9.20. The Morgan fingerprint density at radius 1 is 1.18 bits per heavy atom. The molecule has 22 heavy (non-hydrogen) atoms. The third-order valence-electron chi connectivity index (χ3n) is 5.19. The van der Waals surface area contributed by atoms with E-state index in [2.05, 4.69) is 4.98 Å². The van der Waals surface area contributed by atoms with Gasteiger partial charge in [-0.3, -0.25) is 9.36 Å². The normalized spacial score (nSPS) is 21.0.